The van der Waals surface area contributed by atoms with Crippen LogP contribution in [0.2, 0.25) is 0 Å². The molecule has 1 aromatic carbocycles. The van der Waals surface area contributed by atoms with Crippen LogP contribution in [0.4, 0.5) is 0 Å². The summed E-state index contributed by atoms with van der Waals surface area (Å²) in [4.78, 5) is 28.4. The monoisotopic (exact) mass is 396 g/mol. The summed E-state index contributed by atoms with van der Waals surface area (Å²) in [6, 6.07) is 8.49. The zero-order chi connectivity index (χ0) is 20.0. The number of hydrogen-bond acceptors (Lipinski definition) is 4. The molecule has 0 spiro atoms. The van der Waals surface area contributed by atoms with E-state index in [1.54, 1.807) is 0 Å². The molecule has 3 heterocycles. The van der Waals surface area contributed by atoms with Gasteiger partial charge in [0.05, 0.1) is 11.6 Å². The van der Waals surface area contributed by atoms with Crippen LogP contribution in [-0.2, 0) is 16.1 Å². The molecule has 0 radical (unpaired) electrons. The first-order valence-corrected chi connectivity index (χ1v) is 10.7. The summed E-state index contributed by atoms with van der Waals surface area (Å²) >= 11 is 0. The van der Waals surface area contributed by atoms with Crippen molar-refractivity contribution in [3.63, 3.8) is 0 Å². The van der Waals surface area contributed by atoms with Crippen LogP contribution in [0.15, 0.2) is 30.5 Å². The number of hydrogen-bond donors (Lipinski definition) is 1. The van der Waals surface area contributed by atoms with E-state index in [4.69, 9.17) is 10.5 Å². The number of primary amides is 1. The van der Waals surface area contributed by atoms with Crippen LogP contribution in [0.1, 0.15) is 32.1 Å². The van der Waals surface area contributed by atoms with Gasteiger partial charge in [-0.2, -0.15) is 0 Å². The number of nitrogens with two attached hydrogens (primary N) is 1. The van der Waals surface area contributed by atoms with Gasteiger partial charge in [-0.25, -0.2) is 0 Å². The smallest absolute Gasteiger partial charge is 0.240 e. The van der Waals surface area contributed by atoms with Crippen molar-refractivity contribution in [2.75, 3.05) is 19.6 Å². The maximum Gasteiger partial charge on any atom is 0.240 e. The Hall–Kier alpha value is -2.54. The average Bonchev–Trinajstić information content (AvgIpc) is 3.36. The number of fused-ring (bicyclic) bond motifs is 1. The Kier molecular flexibility index (Phi) is 4.70. The molecule has 1 atom stereocenters. The van der Waals surface area contributed by atoms with Gasteiger partial charge in [-0.15, -0.1) is 0 Å². The number of piperidine rings is 1. The number of nitrogens with zero attached hydrogens (tertiary/aromatic N) is 3. The predicted octanol–water partition coefficient (Wildman–Crippen LogP) is 1.73. The fourth-order valence-corrected chi connectivity index (χ4v) is 4.86. The lowest BCUT2D eigenvalue weighted by Gasteiger charge is -2.35. The summed E-state index contributed by atoms with van der Waals surface area (Å²) in [5, 5.41) is 1.00. The lowest BCUT2D eigenvalue weighted by Crippen LogP contribution is -2.47. The van der Waals surface area contributed by atoms with E-state index in [2.05, 4.69) is 9.80 Å². The van der Waals surface area contributed by atoms with Gasteiger partial charge in [0.2, 0.25) is 11.8 Å². The molecule has 2 aliphatic heterocycles. The molecule has 1 aromatic heterocycles. The first-order chi connectivity index (χ1) is 14.1. The second-order valence-electron chi connectivity index (χ2n) is 8.52. The SMILES string of the molecule is NC(=O)Cn1ccc2c(OC3CCN(C4CCN(C5CC5)C4=O)CC3)cccc21. The van der Waals surface area contributed by atoms with Crippen LogP contribution in [0, 0.1) is 0 Å². The maximum absolute atomic E-state index is 12.7. The minimum absolute atomic E-state index is 0.0720. The molecule has 7 nitrogen and oxygen atoms in total. The highest BCUT2D eigenvalue weighted by Crippen LogP contribution is 2.33. The van der Waals surface area contributed by atoms with Crippen LogP contribution >= 0.6 is 0 Å². The molecule has 29 heavy (non-hydrogen) atoms. The standard InChI is InChI=1S/C22H28N4O3/c23-21(27)14-25-12-8-17-18(25)2-1-3-20(17)29-16-6-10-24(11-7-16)19-9-13-26(22(19)28)15-4-5-15/h1-3,8,12,15-16,19H,4-7,9-11,13-14H2,(H2,23,27). The van der Waals surface area contributed by atoms with Gasteiger partial charge in [-0.1, -0.05) is 6.07 Å². The first kappa shape index (κ1) is 18.5. The molecule has 7 heteroatoms. The highest BCUT2D eigenvalue weighted by molar-refractivity contribution is 5.88. The lowest BCUT2D eigenvalue weighted by molar-refractivity contribution is -0.133. The van der Waals surface area contributed by atoms with Crippen molar-refractivity contribution in [1.82, 2.24) is 14.4 Å². The number of carbonyl (C=O) groups is 2. The van der Waals surface area contributed by atoms with Crippen molar-refractivity contribution < 1.29 is 14.3 Å². The van der Waals surface area contributed by atoms with Gasteiger partial charge >= 0.3 is 0 Å². The molecule has 2 amide bonds. The highest BCUT2D eigenvalue weighted by atomic mass is 16.5. The van der Waals surface area contributed by atoms with E-state index < -0.39 is 0 Å². The Balaban J connectivity index is 1.21. The number of benzene rings is 1. The van der Waals surface area contributed by atoms with E-state index in [0.717, 1.165) is 55.5 Å². The third-order valence-electron chi connectivity index (χ3n) is 6.51. The molecular weight excluding hydrogens is 368 g/mol. The van der Waals surface area contributed by atoms with E-state index in [9.17, 15) is 9.59 Å². The molecule has 1 unspecified atom stereocenters. The van der Waals surface area contributed by atoms with Crippen molar-refractivity contribution >= 4 is 22.7 Å². The third-order valence-corrected chi connectivity index (χ3v) is 6.51. The van der Waals surface area contributed by atoms with E-state index >= 15 is 0 Å². The van der Waals surface area contributed by atoms with Crippen LogP contribution in [-0.4, -0.2) is 64.0 Å². The molecule has 2 aromatic rings. The quantitative estimate of drug-likeness (QED) is 0.806. The number of rotatable bonds is 6. The van der Waals surface area contributed by atoms with Gasteiger partial charge in [0.25, 0.3) is 0 Å². The van der Waals surface area contributed by atoms with Crippen molar-refractivity contribution in [3.8, 4) is 5.75 Å². The molecule has 1 aliphatic carbocycles. The molecule has 154 valence electrons. The second kappa shape index (κ2) is 7.37. The fourth-order valence-electron chi connectivity index (χ4n) is 4.86. The molecule has 2 N–H and O–H groups in total. The first-order valence-electron chi connectivity index (χ1n) is 10.7. The van der Waals surface area contributed by atoms with Gasteiger partial charge in [0.1, 0.15) is 18.4 Å². The molecule has 3 fully saturated rings. The summed E-state index contributed by atoms with van der Waals surface area (Å²) in [5.74, 6) is 0.830. The van der Waals surface area contributed by atoms with Crippen molar-refractivity contribution in [3.05, 3.63) is 30.5 Å². The Labute approximate surface area is 170 Å². The minimum Gasteiger partial charge on any atom is -0.490 e. The van der Waals surface area contributed by atoms with Crippen LogP contribution in [0.25, 0.3) is 10.9 Å². The van der Waals surface area contributed by atoms with E-state index in [1.807, 2.05) is 35.0 Å². The summed E-state index contributed by atoms with van der Waals surface area (Å²) < 4.78 is 8.19. The predicted molar refractivity (Wildman–Crippen MR) is 109 cm³/mol. The van der Waals surface area contributed by atoms with Crippen LogP contribution in [0.5, 0.6) is 5.75 Å². The summed E-state index contributed by atoms with van der Waals surface area (Å²) in [6.07, 6.45) is 7.20. The summed E-state index contributed by atoms with van der Waals surface area (Å²) in [7, 11) is 0. The van der Waals surface area contributed by atoms with Crippen molar-refractivity contribution in [2.24, 2.45) is 5.73 Å². The highest BCUT2D eigenvalue weighted by Gasteiger charge is 2.43. The fraction of sp³-hybridized carbons (Fsp3) is 0.545. The van der Waals surface area contributed by atoms with Crippen molar-refractivity contribution in [1.29, 1.82) is 0 Å². The van der Waals surface area contributed by atoms with Gasteiger partial charge in [0, 0.05) is 37.3 Å². The summed E-state index contributed by atoms with van der Waals surface area (Å²) in [6.45, 7) is 2.89. The number of ether oxygens (including phenoxy) is 1. The van der Waals surface area contributed by atoms with Crippen molar-refractivity contribution in [2.45, 2.75) is 56.8 Å². The molecular formula is C22H28N4O3. The number of likely N-dealkylation sites (tertiary alicyclic amines) is 2. The van der Waals surface area contributed by atoms with Gasteiger partial charge in [-0.05, 0) is 50.3 Å². The summed E-state index contributed by atoms with van der Waals surface area (Å²) in [5.41, 5.74) is 6.30. The Morgan fingerprint density at radius 1 is 1.07 bits per heavy atom. The molecule has 0 bridgehead atoms. The Morgan fingerprint density at radius 3 is 2.59 bits per heavy atom. The largest absolute Gasteiger partial charge is 0.490 e. The normalized spacial score (nSPS) is 23.8. The van der Waals surface area contributed by atoms with E-state index in [-0.39, 0.29) is 24.6 Å². The molecule has 2 saturated heterocycles. The minimum atomic E-state index is -0.358. The molecule has 3 aliphatic rings. The van der Waals surface area contributed by atoms with Gasteiger partial charge < -0.3 is 19.9 Å². The van der Waals surface area contributed by atoms with Gasteiger partial charge in [0.15, 0.2) is 0 Å². The third kappa shape index (κ3) is 3.59. The Morgan fingerprint density at radius 2 is 1.86 bits per heavy atom. The maximum atomic E-state index is 12.7. The zero-order valence-electron chi connectivity index (χ0n) is 16.6. The number of aromatic nitrogens is 1. The van der Waals surface area contributed by atoms with Gasteiger partial charge in [-0.3, -0.25) is 14.5 Å². The molecule has 5 rings (SSSR count). The lowest BCUT2D eigenvalue weighted by atomic mass is 10.0. The number of amides is 2. The van der Waals surface area contributed by atoms with Crippen LogP contribution in [0.3, 0.4) is 0 Å². The second-order valence-corrected chi connectivity index (χ2v) is 8.52. The van der Waals surface area contributed by atoms with E-state index in [0.29, 0.717) is 11.9 Å². The Bertz CT molecular complexity index is 927. The average molecular weight is 396 g/mol. The molecule has 1 saturated carbocycles. The zero-order valence-corrected chi connectivity index (χ0v) is 16.6. The number of carbonyl (C=O) groups excluding carboxylic acids is 2. The topological polar surface area (TPSA) is 80.8 Å². The van der Waals surface area contributed by atoms with Crippen LogP contribution < -0.4 is 10.5 Å². The van der Waals surface area contributed by atoms with E-state index in [1.165, 1.54) is 12.8 Å².